The Bertz CT molecular complexity index is 671. The molecule has 98 valence electrons. The standard InChI is InChI=1S/C12H9Cl2N3OS/c13-7-2-1-5(3-8(7)14)6-4-9(18)16-11-10(6)19-12(15)17-11/h1-3,6H,4H2,(H2,15,17)(H,16,18)/t6-/m1/s1. The molecule has 0 saturated carbocycles. The van der Waals surface area contributed by atoms with Crippen LogP contribution in [0.15, 0.2) is 18.2 Å². The van der Waals surface area contributed by atoms with E-state index in [9.17, 15) is 4.79 Å². The SMILES string of the molecule is Nc1nc2c(s1)[C@@H](c1ccc(Cl)c(Cl)c1)CC(=O)N2. The number of halogens is 2. The van der Waals surface area contributed by atoms with Crippen molar-refractivity contribution in [3.05, 3.63) is 38.7 Å². The molecule has 0 radical (unpaired) electrons. The Morgan fingerprint density at radius 1 is 1.37 bits per heavy atom. The van der Waals surface area contributed by atoms with Gasteiger partial charge >= 0.3 is 0 Å². The fourth-order valence-corrected chi connectivity index (χ4v) is 3.36. The number of thiazole rings is 1. The highest BCUT2D eigenvalue weighted by Crippen LogP contribution is 2.42. The van der Waals surface area contributed by atoms with E-state index in [1.54, 1.807) is 12.1 Å². The van der Waals surface area contributed by atoms with Gasteiger partial charge in [-0.1, -0.05) is 40.6 Å². The van der Waals surface area contributed by atoms with Crippen molar-refractivity contribution >= 4 is 51.4 Å². The van der Waals surface area contributed by atoms with Crippen LogP contribution in [0.2, 0.25) is 10.0 Å². The van der Waals surface area contributed by atoms with Crippen LogP contribution < -0.4 is 11.1 Å². The largest absolute Gasteiger partial charge is 0.375 e. The van der Waals surface area contributed by atoms with E-state index < -0.39 is 0 Å². The number of nitrogen functional groups attached to an aromatic ring is 1. The lowest BCUT2D eigenvalue weighted by molar-refractivity contribution is -0.116. The first-order valence-corrected chi connectivity index (χ1v) is 7.13. The average molecular weight is 314 g/mol. The molecule has 19 heavy (non-hydrogen) atoms. The number of nitrogens with two attached hydrogens (primary N) is 1. The molecule has 0 aliphatic carbocycles. The van der Waals surface area contributed by atoms with E-state index in [-0.39, 0.29) is 11.8 Å². The quantitative estimate of drug-likeness (QED) is 0.846. The van der Waals surface area contributed by atoms with Crippen LogP contribution >= 0.6 is 34.5 Å². The van der Waals surface area contributed by atoms with E-state index in [1.807, 2.05) is 6.07 Å². The lowest BCUT2D eigenvalue weighted by atomic mass is 9.92. The van der Waals surface area contributed by atoms with Crippen LogP contribution in [-0.4, -0.2) is 10.9 Å². The topological polar surface area (TPSA) is 68.0 Å². The summed E-state index contributed by atoms with van der Waals surface area (Å²) in [6, 6.07) is 5.39. The van der Waals surface area contributed by atoms with Crippen molar-refractivity contribution in [2.75, 3.05) is 11.1 Å². The van der Waals surface area contributed by atoms with Gasteiger partial charge in [-0.05, 0) is 17.7 Å². The molecule has 1 amide bonds. The number of nitrogens with one attached hydrogen (secondary N) is 1. The fraction of sp³-hybridized carbons (Fsp3) is 0.167. The van der Waals surface area contributed by atoms with Gasteiger partial charge in [0, 0.05) is 12.3 Å². The number of carbonyl (C=O) groups excluding carboxylic acids is 1. The molecule has 3 rings (SSSR count). The Kier molecular flexibility index (Phi) is 3.12. The van der Waals surface area contributed by atoms with Crippen LogP contribution in [0.3, 0.4) is 0 Å². The predicted octanol–water partition coefficient (Wildman–Crippen LogP) is 3.51. The number of hydrogen-bond acceptors (Lipinski definition) is 4. The number of fused-ring (bicyclic) bond motifs is 1. The van der Waals surface area contributed by atoms with Crippen molar-refractivity contribution in [1.82, 2.24) is 4.98 Å². The van der Waals surface area contributed by atoms with Crippen molar-refractivity contribution in [3.8, 4) is 0 Å². The number of anilines is 2. The molecule has 2 aromatic rings. The highest BCUT2D eigenvalue weighted by atomic mass is 35.5. The van der Waals surface area contributed by atoms with Gasteiger partial charge in [0.1, 0.15) is 5.82 Å². The van der Waals surface area contributed by atoms with Crippen LogP contribution in [0.5, 0.6) is 0 Å². The molecule has 0 unspecified atom stereocenters. The minimum atomic E-state index is -0.0756. The number of amides is 1. The zero-order valence-electron chi connectivity index (χ0n) is 9.61. The summed E-state index contributed by atoms with van der Waals surface area (Å²) in [7, 11) is 0. The van der Waals surface area contributed by atoms with Gasteiger partial charge in [0.25, 0.3) is 0 Å². The maximum Gasteiger partial charge on any atom is 0.226 e. The minimum absolute atomic E-state index is 0.0751. The molecule has 7 heteroatoms. The highest BCUT2D eigenvalue weighted by molar-refractivity contribution is 7.16. The lowest BCUT2D eigenvalue weighted by Crippen LogP contribution is -2.22. The molecule has 1 aliphatic rings. The van der Waals surface area contributed by atoms with Gasteiger partial charge in [0.15, 0.2) is 5.13 Å². The summed E-state index contributed by atoms with van der Waals surface area (Å²) in [6.07, 6.45) is 0.354. The zero-order chi connectivity index (χ0) is 13.6. The smallest absolute Gasteiger partial charge is 0.226 e. The molecular formula is C12H9Cl2N3OS. The summed E-state index contributed by atoms with van der Waals surface area (Å²) < 4.78 is 0. The summed E-state index contributed by atoms with van der Waals surface area (Å²) >= 11 is 13.3. The molecule has 1 aromatic heterocycles. The van der Waals surface area contributed by atoms with Crippen LogP contribution in [-0.2, 0) is 4.79 Å². The Morgan fingerprint density at radius 3 is 2.89 bits per heavy atom. The van der Waals surface area contributed by atoms with E-state index in [4.69, 9.17) is 28.9 Å². The van der Waals surface area contributed by atoms with E-state index in [0.29, 0.717) is 27.4 Å². The first-order chi connectivity index (χ1) is 9.04. The van der Waals surface area contributed by atoms with Crippen molar-refractivity contribution < 1.29 is 4.79 Å². The van der Waals surface area contributed by atoms with Gasteiger partial charge in [-0.2, -0.15) is 0 Å². The van der Waals surface area contributed by atoms with Gasteiger partial charge in [0.2, 0.25) is 5.91 Å². The van der Waals surface area contributed by atoms with Crippen LogP contribution in [0.4, 0.5) is 10.9 Å². The molecule has 0 saturated heterocycles. The first-order valence-electron chi connectivity index (χ1n) is 5.55. The van der Waals surface area contributed by atoms with E-state index in [2.05, 4.69) is 10.3 Å². The molecule has 0 spiro atoms. The van der Waals surface area contributed by atoms with Crippen molar-refractivity contribution in [3.63, 3.8) is 0 Å². The summed E-state index contributed by atoms with van der Waals surface area (Å²) in [5.74, 6) is 0.400. The van der Waals surface area contributed by atoms with Crippen LogP contribution in [0.1, 0.15) is 22.8 Å². The van der Waals surface area contributed by atoms with E-state index in [0.717, 1.165) is 10.4 Å². The summed E-state index contributed by atoms with van der Waals surface area (Å²) in [6.45, 7) is 0. The second-order valence-corrected chi connectivity index (χ2v) is 6.12. The maximum absolute atomic E-state index is 11.7. The second kappa shape index (κ2) is 4.67. The third kappa shape index (κ3) is 2.29. The summed E-state index contributed by atoms with van der Waals surface area (Å²) in [5, 5.41) is 4.14. The normalized spacial score (nSPS) is 18.0. The molecule has 1 aliphatic heterocycles. The Labute approximate surface area is 123 Å². The third-order valence-electron chi connectivity index (χ3n) is 2.98. The van der Waals surface area contributed by atoms with Gasteiger partial charge in [-0.15, -0.1) is 0 Å². The van der Waals surface area contributed by atoms with E-state index in [1.165, 1.54) is 11.3 Å². The lowest BCUT2D eigenvalue weighted by Gasteiger charge is -2.21. The minimum Gasteiger partial charge on any atom is -0.375 e. The number of aromatic nitrogens is 1. The molecule has 3 N–H and O–H groups in total. The van der Waals surface area contributed by atoms with Crippen molar-refractivity contribution in [2.24, 2.45) is 0 Å². The van der Waals surface area contributed by atoms with Crippen LogP contribution in [0.25, 0.3) is 0 Å². The van der Waals surface area contributed by atoms with Crippen LogP contribution in [0, 0.1) is 0 Å². The number of hydrogen-bond donors (Lipinski definition) is 2. The summed E-state index contributed by atoms with van der Waals surface area (Å²) in [5.41, 5.74) is 6.65. The van der Waals surface area contributed by atoms with Gasteiger partial charge in [0.05, 0.1) is 14.9 Å². The molecular weight excluding hydrogens is 305 g/mol. The van der Waals surface area contributed by atoms with E-state index >= 15 is 0 Å². The van der Waals surface area contributed by atoms with Crippen molar-refractivity contribution in [2.45, 2.75) is 12.3 Å². The maximum atomic E-state index is 11.7. The monoisotopic (exact) mass is 313 g/mol. The average Bonchev–Trinajstić information content (AvgIpc) is 2.72. The zero-order valence-corrected chi connectivity index (χ0v) is 11.9. The Morgan fingerprint density at radius 2 is 2.16 bits per heavy atom. The molecule has 0 fully saturated rings. The number of benzene rings is 1. The molecule has 4 nitrogen and oxygen atoms in total. The first kappa shape index (κ1) is 12.7. The number of nitrogens with zero attached hydrogens (tertiary/aromatic N) is 1. The second-order valence-electron chi connectivity index (χ2n) is 4.24. The predicted molar refractivity (Wildman–Crippen MR) is 78.1 cm³/mol. The van der Waals surface area contributed by atoms with Gasteiger partial charge < -0.3 is 11.1 Å². The highest BCUT2D eigenvalue weighted by Gasteiger charge is 2.30. The Balaban J connectivity index is 2.09. The molecule has 1 aromatic carbocycles. The number of rotatable bonds is 1. The van der Waals surface area contributed by atoms with Crippen molar-refractivity contribution in [1.29, 1.82) is 0 Å². The Hall–Kier alpha value is -1.30. The molecule has 1 atom stereocenters. The third-order valence-corrected chi connectivity index (χ3v) is 4.72. The summed E-state index contributed by atoms with van der Waals surface area (Å²) in [4.78, 5) is 16.8. The molecule has 0 bridgehead atoms. The van der Waals surface area contributed by atoms with Gasteiger partial charge in [-0.3, -0.25) is 4.79 Å². The van der Waals surface area contributed by atoms with Gasteiger partial charge in [-0.25, -0.2) is 4.98 Å². The fourth-order valence-electron chi connectivity index (χ4n) is 2.13. The molecule has 2 heterocycles. The number of carbonyl (C=O) groups is 1.